The molecule has 1 unspecified atom stereocenters. The molecule has 0 aliphatic carbocycles. The summed E-state index contributed by atoms with van der Waals surface area (Å²) >= 11 is 5.81. The number of alkyl carbamates (subject to hydrolysis) is 1. The number of carbonyl (C=O) groups is 2. The number of nitrogens with one attached hydrogen (secondary N) is 2. The van der Waals surface area contributed by atoms with E-state index in [1.165, 1.54) is 0 Å². The summed E-state index contributed by atoms with van der Waals surface area (Å²) in [7, 11) is 0. The van der Waals surface area contributed by atoms with Gasteiger partial charge < -0.3 is 10.1 Å². The van der Waals surface area contributed by atoms with Crippen molar-refractivity contribution in [3.63, 3.8) is 0 Å². The van der Waals surface area contributed by atoms with Gasteiger partial charge in [0.1, 0.15) is 5.60 Å². The van der Waals surface area contributed by atoms with Crippen molar-refractivity contribution in [2.45, 2.75) is 38.8 Å². The van der Waals surface area contributed by atoms with Crippen LogP contribution in [0.15, 0.2) is 24.3 Å². The van der Waals surface area contributed by atoms with Crippen LogP contribution < -0.4 is 10.8 Å². The number of hydroxylamine groups is 1. The lowest BCUT2D eigenvalue weighted by molar-refractivity contribution is -0.129. The van der Waals surface area contributed by atoms with Crippen LogP contribution in [0.1, 0.15) is 38.8 Å². The fraction of sp³-hybridized carbons (Fsp3) is 0.429. The molecule has 0 aliphatic rings. The quantitative estimate of drug-likeness (QED) is 0.589. The fourth-order valence-corrected chi connectivity index (χ4v) is 1.75. The van der Waals surface area contributed by atoms with E-state index < -0.39 is 23.6 Å². The number of hydrogen-bond acceptors (Lipinski definition) is 4. The van der Waals surface area contributed by atoms with E-state index in [4.69, 9.17) is 21.5 Å². The first-order valence-electron chi connectivity index (χ1n) is 6.39. The maximum absolute atomic E-state index is 11.8. The molecule has 2 amide bonds. The van der Waals surface area contributed by atoms with Crippen molar-refractivity contribution in [3.8, 4) is 0 Å². The number of benzene rings is 1. The van der Waals surface area contributed by atoms with Gasteiger partial charge in [-0.1, -0.05) is 23.7 Å². The molecule has 6 nitrogen and oxygen atoms in total. The standard InChI is InChI=1S/C14H19ClN2O4/c1-14(2,3)21-13(19)16-11(8-12(18)17-20)9-4-6-10(15)7-5-9/h4-7,11,20H,8H2,1-3H3,(H,16,19)(H,17,18). The number of carbonyl (C=O) groups excluding carboxylic acids is 2. The van der Waals surface area contributed by atoms with E-state index in [0.29, 0.717) is 10.6 Å². The second kappa shape index (κ2) is 7.28. The first-order chi connectivity index (χ1) is 9.71. The van der Waals surface area contributed by atoms with Gasteiger partial charge in [0.05, 0.1) is 12.5 Å². The van der Waals surface area contributed by atoms with Gasteiger partial charge in [0, 0.05) is 5.02 Å². The summed E-state index contributed by atoms with van der Waals surface area (Å²) in [6, 6.07) is 6.04. The molecule has 0 radical (unpaired) electrons. The molecule has 1 atom stereocenters. The smallest absolute Gasteiger partial charge is 0.408 e. The van der Waals surface area contributed by atoms with Crippen molar-refractivity contribution in [3.05, 3.63) is 34.9 Å². The highest BCUT2D eigenvalue weighted by atomic mass is 35.5. The molecule has 21 heavy (non-hydrogen) atoms. The van der Waals surface area contributed by atoms with Gasteiger partial charge in [-0.05, 0) is 38.5 Å². The Labute approximate surface area is 128 Å². The average Bonchev–Trinajstić information content (AvgIpc) is 2.36. The van der Waals surface area contributed by atoms with Crippen LogP contribution in [0.4, 0.5) is 4.79 Å². The predicted octanol–water partition coefficient (Wildman–Crippen LogP) is 2.80. The Balaban J connectivity index is 2.84. The van der Waals surface area contributed by atoms with E-state index in [1.807, 2.05) is 0 Å². The Kier molecular flexibility index (Phi) is 5.99. The molecule has 0 bridgehead atoms. The lowest BCUT2D eigenvalue weighted by atomic mass is 10.0. The van der Waals surface area contributed by atoms with Gasteiger partial charge >= 0.3 is 6.09 Å². The lowest BCUT2D eigenvalue weighted by Gasteiger charge is -2.23. The zero-order chi connectivity index (χ0) is 16.0. The third kappa shape index (κ3) is 6.46. The SMILES string of the molecule is CC(C)(C)OC(=O)NC(CC(=O)NO)c1ccc(Cl)cc1. The predicted molar refractivity (Wildman–Crippen MR) is 78.1 cm³/mol. The van der Waals surface area contributed by atoms with Crippen molar-refractivity contribution in [1.29, 1.82) is 0 Å². The second-order valence-electron chi connectivity index (χ2n) is 5.49. The van der Waals surface area contributed by atoms with Gasteiger partial charge in [-0.25, -0.2) is 10.3 Å². The third-order valence-corrected chi connectivity index (χ3v) is 2.73. The van der Waals surface area contributed by atoms with Crippen LogP contribution >= 0.6 is 11.6 Å². The molecule has 3 N–H and O–H groups in total. The Hall–Kier alpha value is -1.79. The van der Waals surface area contributed by atoms with Crippen molar-refractivity contribution in [2.24, 2.45) is 0 Å². The molecule has 1 aromatic rings. The Morgan fingerprint density at radius 2 is 1.86 bits per heavy atom. The van der Waals surface area contributed by atoms with Crippen LogP contribution in [-0.4, -0.2) is 22.8 Å². The summed E-state index contributed by atoms with van der Waals surface area (Å²) in [5.41, 5.74) is 1.57. The number of ether oxygens (including phenoxy) is 1. The molecule has 0 fully saturated rings. The Bertz CT molecular complexity index is 497. The molecule has 0 spiro atoms. The molecule has 7 heteroatoms. The number of amides is 2. The molecular weight excluding hydrogens is 296 g/mol. The van der Waals surface area contributed by atoms with E-state index in [1.54, 1.807) is 50.5 Å². The molecule has 116 valence electrons. The topological polar surface area (TPSA) is 87.7 Å². The van der Waals surface area contributed by atoms with Crippen molar-refractivity contribution in [2.75, 3.05) is 0 Å². The molecule has 1 rings (SSSR count). The first kappa shape index (κ1) is 17.3. The van der Waals surface area contributed by atoms with Gasteiger partial charge in [-0.2, -0.15) is 0 Å². The molecule has 0 aromatic heterocycles. The van der Waals surface area contributed by atoms with Crippen LogP contribution in [0.2, 0.25) is 5.02 Å². The average molecular weight is 315 g/mol. The Morgan fingerprint density at radius 1 is 1.29 bits per heavy atom. The lowest BCUT2D eigenvalue weighted by Crippen LogP contribution is -2.37. The zero-order valence-electron chi connectivity index (χ0n) is 12.1. The summed E-state index contributed by atoms with van der Waals surface area (Å²) in [6.07, 6.45) is -0.773. The van der Waals surface area contributed by atoms with E-state index in [-0.39, 0.29) is 6.42 Å². The second-order valence-corrected chi connectivity index (χ2v) is 5.93. The first-order valence-corrected chi connectivity index (χ1v) is 6.77. The van der Waals surface area contributed by atoms with Crippen LogP contribution in [-0.2, 0) is 9.53 Å². The monoisotopic (exact) mass is 314 g/mol. The van der Waals surface area contributed by atoms with Gasteiger partial charge in [0.15, 0.2) is 0 Å². The number of rotatable bonds is 4. The zero-order valence-corrected chi connectivity index (χ0v) is 12.9. The van der Waals surface area contributed by atoms with E-state index in [0.717, 1.165) is 0 Å². The molecule has 0 saturated heterocycles. The van der Waals surface area contributed by atoms with Crippen molar-refractivity contribution >= 4 is 23.6 Å². The minimum absolute atomic E-state index is 0.128. The number of hydrogen-bond donors (Lipinski definition) is 3. The summed E-state index contributed by atoms with van der Waals surface area (Å²) in [5, 5.41) is 11.8. The van der Waals surface area contributed by atoms with Crippen molar-refractivity contribution < 1.29 is 19.5 Å². The van der Waals surface area contributed by atoms with Crippen LogP contribution in [0.5, 0.6) is 0 Å². The van der Waals surface area contributed by atoms with Crippen LogP contribution in [0.25, 0.3) is 0 Å². The highest BCUT2D eigenvalue weighted by molar-refractivity contribution is 6.30. The van der Waals surface area contributed by atoms with E-state index in [2.05, 4.69) is 5.32 Å². The molecule has 0 heterocycles. The van der Waals surface area contributed by atoms with E-state index >= 15 is 0 Å². The fourth-order valence-electron chi connectivity index (χ4n) is 1.63. The highest BCUT2D eigenvalue weighted by Crippen LogP contribution is 2.20. The minimum Gasteiger partial charge on any atom is -0.444 e. The van der Waals surface area contributed by atoms with E-state index in [9.17, 15) is 9.59 Å². The molecule has 0 aliphatic heterocycles. The normalized spacial score (nSPS) is 12.4. The summed E-state index contributed by atoms with van der Waals surface area (Å²) in [6.45, 7) is 5.22. The summed E-state index contributed by atoms with van der Waals surface area (Å²) in [5.74, 6) is -0.619. The van der Waals surface area contributed by atoms with Crippen LogP contribution in [0.3, 0.4) is 0 Å². The van der Waals surface area contributed by atoms with Gasteiger partial charge in [0.25, 0.3) is 0 Å². The van der Waals surface area contributed by atoms with Gasteiger partial charge in [0.2, 0.25) is 5.91 Å². The maximum Gasteiger partial charge on any atom is 0.408 e. The minimum atomic E-state index is -0.645. The Morgan fingerprint density at radius 3 is 2.33 bits per heavy atom. The summed E-state index contributed by atoms with van der Waals surface area (Å²) < 4.78 is 5.16. The van der Waals surface area contributed by atoms with Gasteiger partial charge in [-0.3, -0.25) is 10.0 Å². The maximum atomic E-state index is 11.8. The molecule has 0 saturated carbocycles. The highest BCUT2D eigenvalue weighted by Gasteiger charge is 2.22. The number of halogens is 1. The van der Waals surface area contributed by atoms with Crippen molar-refractivity contribution in [1.82, 2.24) is 10.8 Å². The van der Waals surface area contributed by atoms with Gasteiger partial charge in [-0.15, -0.1) is 0 Å². The third-order valence-electron chi connectivity index (χ3n) is 2.48. The summed E-state index contributed by atoms with van der Waals surface area (Å²) in [4.78, 5) is 23.2. The van der Waals surface area contributed by atoms with Crippen LogP contribution in [0, 0.1) is 0 Å². The molecule has 1 aromatic carbocycles. The molecular formula is C14H19ClN2O4. The largest absolute Gasteiger partial charge is 0.444 e.